The van der Waals surface area contributed by atoms with Crippen LogP contribution in [0.1, 0.15) is 90.4 Å². The van der Waals surface area contributed by atoms with Crippen molar-refractivity contribution in [3.8, 4) is 28.7 Å². The summed E-state index contributed by atoms with van der Waals surface area (Å²) in [5.41, 5.74) is 1.79. The van der Waals surface area contributed by atoms with E-state index in [-0.39, 0.29) is 40.6 Å². The molecule has 256 valence electrons. The number of fused-ring (bicyclic) bond motifs is 1. The SMILES string of the molecule is COc1ccc(C(CC(=O)NCCc2ccc(OC)c(OC)c2)c2c(O)cc3c(c2O)C(=O)OC(C)CCCC(=O)CCCC=C3)cc1. The van der Waals surface area contributed by atoms with Gasteiger partial charge in [0.15, 0.2) is 11.5 Å². The van der Waals surface area contributed by atoms with E-state index in [0.717, 1.165) is 5.56 Å². The first-order valence-corrected chi connectivity index (χ1v) is 16.2. The van der Waals surface area contributed by atoms with Crippen LogP contribution in [0.2, 0.25) is 0 Å². The third-order valence-corrected chi connectivity index (χ3v) is 8.49. The molecule has 1 heterocycles. The molecule has 1 aliphatic heterocycles. The lowest BCUT2D eigenvalue weighted by molar-refractivity contribution is -0.121. The maximum absolute atomic E-state index is 13.6. The number of benzene rings is 3. The highest BCUT2D eigenvalue weighted by Gasteiger charge is 2.31. The fourth-order valence-electron chi connectivity index (χ4n) is 5.88. The number of nitrogens with one attached hydrogen (secondary N) is 1. The molecule has 3 N–H and O–H groups in total. The second-order valence-corrected chi connectivity index (χ2v) is 11.9. The number of methoxy groups -OCH3 is 3. The van der Waals surface area contributed by atoms with Gasteiger partial charge >= 0.3 is 5.97 Å². The Kier molecular flexibility index (Phi) is 12.9. The van der Waals surface area contributed by atoms with Crippen LogP contribution in [0.4, 0.5) is 0 Å². The Morgan fingerprint density at radius 3 is 2.40 bits per heavy atom. The number of phenols is 2. The van der Waals surface area contributed by atoms with Crippen molar-refractivity contribution in [2.45, 2.75) is 70.3 Å². The van der Waals surface area contributed by atoms with E-state index in [1.165, 1.54) is 6.07 Å². The monoisotopic (exact) mass is 659 g/mol. The molecule has 0 aliphatic carbocycles. The molecular formula is C38H45NO9. The van der Waals surface area contributed by atoms with E-state index in [4.69, 9.17) is 18.9 Å². The van der Waals surface area contributed by atoms with Gasteiger partial charge in [-0.15, -0.1) is 0 Å². The molecule has 0 radical (unpaired) electrons. The number of cyclic esters (lactones) is 1. The Bertz CT molecular complexity index is 1610. The van der Waals surface area contributed by atoms with Crippen LogP contribution in [0.15, 0.2) is 54.6 Å². The summed E-state index contributed by atoms with van der Waals surface area (Å²) >= 11 is 0. The number of amides is 1. The average molecular weight is 660 g/mol. The summed E-state index contributed by atoms with van der Waals surface area (Å²) < 4.78 is 21.7. The van der Waals surface area contributed by atoms with E-state index in [2.05, 4.69) is 5.32 Å². The molecule has 48 heavy (non-hydrogen) atoms. The molecule has 0 bridgehead atoms. The molecule has 0 saturated carbocycles. The second-order valence-electron chi connectivity index (χ2n) is 11.9. The summed E-state index contributed by atoms with van der Waals surface area (Å²) in [7, 11) is 4.67. The van der Waals surface area contributed by atoms with Gasteiger partial charge in [0.05, 0.1) is 27.4 Å². The molecule has 0 fully saturated rings. The standard InChI is InChI=1S/C38H45NO9/c1-24-9-8-12-28(40)11-7-5-6-10-27-22-31(41)36(37(43)35(27)38(44)48-24)30(26-14-16-29(45-2)17-15-26)23-34(42)39-20-19-25-13-18-32(46-3)33(21-25)47-4/h6,10,13-18,21-22,24,30,41,43H,5,7-9,11-12,19-20,23H2,1-4H3,(H,39,42). The number of carbonyl (C=O) groups is 3. The first-order valence-electron chi connectivity index (χ1n) is 16.2. The number of Topliss-reactive ketones (excluding diaryl/α,β-unsaturated/α-hetero) is 1. The summed E-state index contributed by atoms with van der Waals surface area (Å²) in [4.78, 5) is 39.2. The predicted molar refractivity (Wildman–Crippen MR) is 182 cm³/mol. The van der Waals surface area contributed by atoms with Crippen molar-refractivity contribution in [1.29, 1.82) is 0 Å². The van der Waals surface area contributed by atoms with Crippen LogP contribution in [0.5, 0.6) is 28.7 Å². The zero-order valence-corrected chi connectivity index (χ0v) is 28.0. The number of hydrogen-bond acceptors (Lipinski definition) is 9. The Labute approximate surface area is 281 Å². The molecule has 2 unspecified atom stereocenters. The minimum absolute atomic E-state index is 0.0404. The molecule has 1 amide bonds. The quantitative estimate of drug-likeness (QED) is 0.209. The van der Waals surface area contributed by atoms with Gasteiger partial charge in [-0.05, 0) is 86.1 Å². The fourth-order valence-corrected chi connectivity index (χ4v) is 5.88. The van der Waals surface area contributed by atoms with Gasteiger partial charge in [0.2, 0.25) is 5.91 Å². The molecule has 3 aromatic rings. The number of ketones is 1. The highest BCUT2D eigenvalue weighted by Crippen LogP contribution is 2.44. The van der Waals surface area contributed by atoms with Gasteiger partial charge in [0.1, 0.15) is 28.6 Å². The molecule has 1 aliphatic rings. The van der Waals surface area contributed by atoms with Crippen LogP contribution in [-0.4, -0.2) is 61.9 Å². The summed E-state index contributed by atoms with van der Waals surface area (Å²) in [5.74, 6) is -0.647. The number of hydrogen-bond donors (Lipinski definition) is 3. The molecular weight excluding hydrogens is 614 g/mol. The van der Waals surface area contributed by atoms with E-state index >= 15 is 0 Å². The van der Waals surface area contributed by atoms with Crippen LogP contribution >= 0.6 is 0 Å². The molecule has 3 aromatic carbocycles. The van der Waals surface area contributed by atoms with Crippen molar-refractivity contribution >= 4 is 23.7 Å². The van der Waals surface area contributed by atoms with Crippen LogP contribution in [-0.2, 0) is 20.7 Å². The van der Waals surface area contributed by atoms with Crippen molar-refractivity contribution in [1.82, 2.24) is 5.32 Å². The number of carbonyl (C=O) groups excluding carboxylic acids is 3. The maximum atomic E-state index is 13.6. The third kappa shape index (κ3) is 9.30. The largest absolute Gasteiger partial charge is 0.507 e. The highest BCUT2D eigenvalue weighted by molar-refractivity contribution is 5.98. The van der Waals surface area contributed by atoms with Crippen LogP contribution in [0.3, 0.4) is 0 Å². The number of rotatable bonds is 10. The van der Waals surface area contributed by atoms with Gasteiger partial charge < -0.3 is 34.5 Å². The lowest BCUT2D eigenvalue weighted by Crippen LogP contribution is -2.27. The zero-order chi connectivity index (χ0) is 34.6. The summed E-state index contributed by atoms with van der Waals surface area (Å²) in [6, 6.07) is 13.9. The number of phenolic OH excluding ortho intramolecular Hbond substituents is 2. The number of esters is 1. The van der Waals surface area contributed by atoms with Crippen LogP contribution < -0.4 is 19.5 Å². The Hall–Kier alpha value is -4.99. The summed E-state index contributed by atoms with van der Waals surface area (Å²) in [6.07, 6.45) is 6.54. The second kappa shape index (κ2) is 17.2. The van der Waals surface area contributed by atoms with Gasteiger partial charge in [-0.1, -0.05) is 30.4 Å². The lowest BCUT2D eigenvalue weighted by Gasteiger charge is -2.23. The van der Waals surface area contributed by atoms with Crippen molar-refractivity contribution in [2.24, 2.45) is 0 Å². The zero-order valence-electron chi connectivity index (χ0n) is 28.0. The van der Waals surface area contributed by atoms with E-state index in [9.17, 15) is 24.6 Å². The molecule has 10 nitrogen and oxygen atoms in total. The van der Waals surface area contributed by atoms with Gasteiger partial charge in [-0.3, -0.25) is 9.59 Å². The van der Waals surface area contributed by atoms with Crippen molar-refractivity contribution < 1.29 is 43.5 Å². The molecule has 0 saturated heterocycles. The summed E-state index contributed by atoms with van der Waals surface area (Å²) in [6.45, 7) is 2.07. The van der Waals surface area contributed by atoms with Gasteiger partial charge in [0.25, 0.3) is 0 Å². The van der Waals surface area contributed by atoms with Crippen molar-refractivity contribution in [3.05, 3.63) is 82.4 Å². The molecule has 10 heteroatoms. The first-order chi connectivity index (χ1) is 23.1. The lowest BCUT2D eigenvalue weighted by atomic mass is 9.84. The predicted octanol–water partition coefficient (Wildman–Crippen LogP) is 6.49. The topological polar surface area (TPSA) is 141 Å². The molecule has 2 atom stereocenters. The van der Waals surface area contributed by atoms with E-state index in [1.807, 2.05) is 12.1 Å². The van der Waals surface area contributed by atoms with E-state index < -0.39 is 23.7 Å². The van der Waals surface area contributed by atoms with Crippen molar-refractivity contribution in [3.63, 3.8) is 0 Å². The molecule has 0 aromatic heterocycles. The minimum Gasteiger partial charge on any atom is -0.507 e. The number of allylic oxidation sites excluding steroid dienone is 1. The van der Waals surface area contributed by atoms with Crippen molar-refractivity contribution in [2.75, 3.05) is 27.9 Å². The Balaban J connectivity index is 1.66. The Morgan fingerprint density at radius 2 is 1.69 bits per heavy atom. The average Bonchev–Trinajstić information content (AvgIpc) is 3.07. The fraction of sp³-hybridized carbons (Fsp3) is 0.395. The van der Waals surface area contributed by atoms with Gasteiger partial charge in [-0.2, -0.15) is 0 Å². The third-order valence-electron chi connectivity index (χ3n) is 8.49. The smallest absolute Gasteiger partial charge is 0.342 e. The Morgan fingerprint density at radius 1 is 0.958 bits per heavy atom. The molecule has 4 rings (SSSR count). The normalized spacial score (nSPS) is 16.2. The maximum Gasteiger partial charge on any atom is 0.342 e. The number of aromatic hydroxyl groups is 2. The summed E-state index contributed by atoms with van der Waals surface area (Å²) in [5, 5.41) is 26.1. The molecule has 0 spiro atoms. The highest BCUT2D eigenvalue weighted by atomic mass is 16.5. The first kappa shape index (κ1) is 35.9. The van der Waals surface area contributed by atoms with Gasteiger partial charge in [0, 0.05) is 37.3 Å². The van der Waals surface area contributed by atoms with Crippen LogP contribution in [0.25, 0.3) is 6.08 Å². The number of ether oxygens (including phenoxy) is 4. The minimum atomic E-state index is -0.824. The van der Waals surface area contributed by atoms with Gasteiger partial charge in [-0.25, -0.2) is 4.79 Å². The van der Waals surface area contributed by atoms with E-state index in [1.54, 1.807) is 70.7 Å². The van der Waals surface area contributed by atoms with Crippen LogP contribution in [0, 0.1) is 0 Å². The van der Waals surface area contributed by atoms with E-state index in [0.29, 0.717) is 74.3 Å².